The predicted molar refractivity (Wildman–Crippen MR) is 122 cm³/mol. The molecule has 1 aromatic heterocycles. The van der Waals surface area contributed by atoms with Crippen molar-refractivity contribution in [3.05, 3.63) is 95.8 Å². The average molecular weight is 416 g/mol. The molecule has 1 N–H and O–H groups in total. The lowest BCUT2D eigenvalue weighted by Gasteiger charge is -2.33. The van der Waals surface area contributed by atoms with Crippen LogP contribution in [-0.2, 0) is 4.79 Å². The Morgan fingerprint density at radius 1 is 0.935 bits per heavy atom. The monoisotopic (exact) mass is 415 g/mol. The van der Waals surface area contributed by atoms with Gasteiger partial charge in [-0.2, -0.15) is 0 Å². The van der Waals surface area contributed by atoms with Crippen LogP contribution in [0.1, 0.15) is 52.8 Å². The SMILES string of the molecule is Cc1ccc(C(=O)NC(CC(=O)N2CCC(n3cccc3)CC2)c2ccccc2)cc1. The Balaban J connectivity index is 1.42. The van der Waals surface area contributed by atoms with Gasteiger partial charge in [0.05, 0.1) is 12.5 Å². The summed E-state index contributed by atoms with van der Waals surface area (Å²) in [6, 6.07) is 21.4. The van der Waals surface area contributed by atoms with E-state index >= 15 is 0 Å². The number of aromatic nitrogens is 1. The van der Waals surface area contributed by atoms with Crippen LogP contribution < -0.4 is 5.32 Å². The van der Waals surface area contributed by atoms with E-state index < -0.39 is 0 Å². The fraction of sp³-hybridized carbons (Fsp3) is 0.308. The summed E-state index contributed by atoms with van der Waals surface area (Å²) in [7, 11) is 0. The topological polar surface area (TPSA) is 54.3 Å². The highest BCUT2D eigenvalue weighted by Crippen LogP contribution is 2.25. The van der Waals surface area contributed by atoms with E-state index in [9.17, 15) is 9.59 Å². The van der Waals surface area contributed by atoms with Gasteiger partial charge in [-0.25, -0.2) is 0 Å². The Bertz CT molecular complexity index is 989. The number of nitrogens with zero attached hydrogens (tertiary/aromatic N) is 2. The molecule has 5 nitrogen and oxygen atoms in total. The van der Waals surface area contributed by atoms with Crippen LogP contribution in [0, 0.1) is 6.92 Å². The first-order valence-corrected chi connectivity index (χ1v) is 10.9. The van der Waals surface area contributed by atoms with E-state index in [2.05, 4.69) is 22.3 Å². The number of carbonyl (C=O) groups is 2. The van der Waals surface area contributed by atoms with Crippen molar-refractivity contribution in [2.24, 2.45) is 0 Å². The van der Waals surface area contributed by atoms with Gasteiger partial charge in [0.1, 0.15) is 0 Å². The van der Waals surface area contributed by atoms with Crippen LogP contribution in [0.4, 0.5) is 0 Å². The quantitative estimate of drug-likeness (QED) is 0.643. The number of amides is 2. The number of carbonyl (C=O) groups excluding carboxylic acids is 2. The van der Waals surface area contributed by atoms with E-state index in [4.69, 9.17) is 0 Å². The van der Waals surface area contributed by atoms with Crippen molar-refractivity contribution in [1.29, 1.82) is 0 Å². The maximum Gasteiger partial charge on any atom is 0.251 e. The number of benzene rings is 2. The molecule has 0 aliphatic carbocycles. The first kappa shape index (κ1) is 20.9. The summed E-state index contributed by atoms with van der Waals surface area (Å²) in [5.41, 5.74) is 2.65. The van der Waals surface area contributed by atoms with E-state index in [1.165, 1.54) is 0 Å². The van der Waals surface area contributed by atoms with Gasteiger partial charge < -0.3 is 14.8 Å². The third-order valence-corrected chi connectivity index (χ3v) is 6.07. The van der Waals surface area contributed by atoms with Crippen LogP contribution in [0.2, 0.25) is 0 Å². The molecule has 0 spiro atoms. The molecule has 0 radical (unpaired) electrons. The lowest BCUT2D eigenvalue weighted by Crippen LogP contribution is -2.41. The van der Waals surface area contributed by atoms with Gasteiger partial charge in [0.25, 0.3) is 5.91 Å². The molecule has 5 heteroatoms. The molecule has 2 heterocycles. The van der Waals surface area contributed by atoms with Crippen LogP contribution in [0.5, 0.6) is 0 Å². The minimum absolute atomic E-state index is 0.0871. The summed E-state index contributed by atoms with van der Waals surface area (Å²) in [5, 5.41) is 3.08. The summed E-state index contributed by atoms with van der Waals surface area (Å²) in [5.74, 6) is -0.0722. The molecule has 1 aliphatic rings. The number of likely N-dealkylation sites (tertiary alicyclic amines) is 1. The molecule has 3 aromatic rings. The zero-order valence-corrected chi connectivity index (χ0v) is 17.9. The first-order chi connectivity index (χ1) is 15.1. The molecule has 2 aromatic carbocycles. The van der Waals surface area contributed by atoms with Crippen molar-refractivity contribution in [2.75, 3.05) is 13.1 Å². The lowest BCUT2D eigenvalue weighted by atomic mass is 10.00. The molecule has 4 rings (SSSR count). The molecule has 31 heavy (non-hydrogen) atoms. The predicted octanol–water partition coefficient (Wildman–Crippen LogP) is 4.52. The van der Waals surface area contributed by atoms with Crippen LogP contribution in [0.25, 0.3) is 0 Å². The highest BCUT2D eigenvalue weighted by Gasteiger charge is 2.26. The van der Waals surface area contributed by atoms with Gasteiger partial charge in [0.2, 0.25) is 5.91 Å². The number of hydrogen-bond acceptors (Lipinski definition) is 2. The van der Waals surface area contributed by atoms with E-state index in [0.717, 1.165) is 37.1 Å². The van der Waals surface area contributed by atoms with Gasteiger partial charge in [-0.15, -0.1) is 0 Å². The minimum atomic E-state index is -0.357. The molecule has 1 fully saturated rings. The summed E-state index contributed by atoms with van der Waals surface area (Å²) in [6.45, 7) is 3.48. The van der Waals surface area contributed by atoms with E-state index in [1.54, 1.807) is 0 Å². The number of hydrogen-bond donors (Lipinski definition) is 1. The van der Waals surface area contributed by atoms with Gasteiger partial charge in [-0.1, -0.05) is 48.0 Å². The minimum Gasteiger partial charge on any atom is -0.351 e. The van der Waals surface area contributed by atoms with Crippen LogP contribution in [-0.4, -0.2) is 34.4 Å². The molecule has 2 amide bonds. The van der Waals surface area contributed by atoms with Gasteiger partial charge in [0.15, 0.2) is 0 Å². The summed E-state index contributed by atoms with van der Waals surface area (Å²) in [6.07, 6.45) is 6.34. The Kier molecular flexibility index (Phi) is 6.51. The number of rotatable bonds is 6. The fourth-order valence-corrected chi connectivity index (χ4v) is 4.19. The van der Waals surface area contributed by atoms with Crippen molar-refractivity contribution in [3.63, 3.8) is 0 Å². The second-order valence-corrected chi connectivity index (χ2v) is 8.25. The van der Waals surface area contributed by atoms with Crippen LogP contribution in [0.15, 0.2) is 79.1 Å². The molecule has 0 bridgehead atoms. The Morgan fingerprint density at radius 3 is 2.23 bits per heavy atom. The smallest absolute Gasteiger partial charge is 0.251 e. The van der Waals surface area contributed by atoms with Gasteiger partial charge in [-0.05, 0) is 49.6 Å². The lowest BCUT2D eigenvalue weighted by molar-refractivity contribution is -0.133. The standard InChI is InChI=1S/C26H29N3O2/c1-20-9-11-22(12-10-20)26(31)27-24(21-7-3-2-4-8-21)19-25(30)29-17-13-23(14-18-29)28-15-5-6-16-28/h2-12,15-16,23-24H,13-14,17-19H2,1H3,(H,27,31). The van der Waals surface area contributed by atoms with Gasteiger partial charge >= 0.3 is 0 Å². The second kappa shape index (κ2) is 9.65. The largest absolute Gasteiger partial charge is 0.351 e. The van der Waals surface area contributed by atoms with E-state index in [-0.39, 0.29) is 24.3 Å². The number of piperidine rings is 1. The van der Waals surface area contributed by atoms with Crippen LogP contribution in [0.3, 0.4) is 0 Å². The summed E-state index contributed by atoms with van der Waals surface area (Å²) in [4.78, 5) is 27.9. The molecule has 1 aliphatic heterocycles. The van der Waals surface area contributed by atoms with E-state index in [1.807, 2.05) is 78.6 Å². The van der Waals surface area contributed by atoms with Gasteiger partial charge in [0, 0.05) is 37.1 Å². The van der Waals surface area contributed by atoms with Crippen molar-refractivity contribution in [2.45, 2.75) is 38.3 Å². The fourth-order valence-electron chi connectivity index (χ4n) is 4.19. The Hall–Kier alpha value is -3.34. The third-order valence-electron chi connectivity index (χ3n) is 6.07. The second-order valence-electron chi connectivity index (χ2n) is 8.25. The summed E-state index contributed by atoms with van der Waals surface area (Å²) < 4.78 is 2.23. The van der Waals surface area contributed by atoms with Crippen molar-refractivity contribution >= 4 is 11.8 Å². The average Bonchev–Trinajstić information content (AvgIpc) is 3.35. The van der Waals surface area contributed by atoms with Crippen molar-refractivity contribution in [3.8, 4) is 0 Å². The van der Waals surface area contributed by atoms with Crippen molar-refractivity contribution in [1.82, 2.24) is 14.8 Å². The highest BCUT2D eigenvalue weighted by atomic mass is 16.2. The Labute approximate surface area is 183 Å². The molecule has 160 valence electrons. The molecule has 0 saturated carbocycles. The first-order valence-electron chi connectivity index (χ1n) is 10.9. The normalized spacial score (nSPS) is 15.5. The Morgan fingerprint density at radius 2 is 1.58 bits per heavy atom. The highest BCUT2D eigenvalue weighted by molar-refractivity contribution is 5.94. The zero-order valence-electron chi connectivity index (χ0n) is 17.9. The molecule has 1 saturated heterocycles. The summed E-state index contributed by atoms with van der Waals surface area (Å²) >= 11 is 0. The maximum absolute atomic E-state index is 13.1. The molecule has 1 atom stereocenters. The molecule has 1 unspecified atom stereocenters. The number of nitrogens with one attached hydrogen (secondary N) is 1. The van der Waals surface area contributed by atoms with Gasteiger partial charge in [-0.3, -0.25) is 9.59 Å². The van der Waals surface area contributed by atoms with Crippen molar-refractivity contribution < 1.29 is 9.59 Å². The van der Waals surface area contributed by atoms with Crippen LogP contribution >= 0.6 is 0 Å². The molecular formula is C26H29N3O2. The van der Waals surface area contributed by atoms with E-state index in [0.29, 0.717) is 11.6 Å². The number of aryl methyl sites for hydroxylation is 1. The molecular weight excluding hydrogens is 386 g/mol. The zero-order chi connectivity index (χ0) is 21.6. The maximum atomic E-state index is 13.1. The third kappa shape index (κ3) is 5.23.